The van der Waals surface area contributed by atoms with Crippen molar-refractivity contribution in [3.05, 3.63) is 70.8 Å². The zero-order valence-electron chi connectivity index (χ0n) is 35.8. The zero-order valence-corrected chi connectivity index (χ0v) is 37.4. The van der Waals surface area contributed by atoms with Crippen LogP contribution < -0.4 is 21.3 Å². The Labute approximate surface area is 357 Å². The van der Waals surface area contributed by atoms with Crippen LogP contribution in [-0.4, -0.2) is 118 Å². The minimum absolute atomic E-state index is 0.00104. The number of benzene rings is 2. The Hall–Kier alpha value is -3.72. The zero-order chi connectivity index (χ0) is 42.8. The smallest absolute Gasteiger partial charge is 0.246 e. The van der Waals surface area contributed by atoms with Crippen molar-refractivity contribution >= 4 is 58.7 Å². The monoisotopic (exact) mass is 846 g/mol. The van der Waals surface area contributed by atoms with Gasteiger partial charge in [0, 0.05) is 12.8 Å². The predicted molar refractivity (Wildman–Crippen MR) is 234 cm³/mol. The lowest BCUT2D eigenvalue weighted by atomic mass is 9.81. The molecular weight excluding hydrogens is 785 g/mol. The van der Waals surface area contributed by atoms with E-state index in [-0.39, 0.29) is 58.8 Å². The van der Waals surface area contributed by atoms with Gasteiger partial charge in [-0.1, -0.05) is 76.2 Å². The Balaban J connectivity index is 1.07. The number of hydrogen-bond acceptors (Lipinski definition) is 10. The number of amides is 4. The molecule has 4 saturated heterocycles. The summed E-state index contributed by atoms with van der Waals surface area (Å²) in [5, 5.41) is 11.5. The first kappa shape index (κ1) is 44.8. The van der Waals surface area contributed by atoms with Gasteiger partial charge < -0.3 is 31.1 Å². The Morgan fingerprint density at radius 1 is 0.627 bits per heavy atom. The SMILES string of the molecule is CN[C@@H](C)C(=O)N[C@H]1CCS[C@H]2CC(C)(C)[C@@H](C(=O)Cc3ccc(Cc4ccc(CC(=O)[C@H]5N6C(=O)[C@@H](NC(=O)[C@H](C)NC)CCS[C@H]6CC5(C)C)cc4)cc3)N2C1=O. The molecule has 320 valence electrons. The van der Waals surface area contributed by atoms with Crippen LogP contribution in [0.2, 0.25) is 0 Å². The van der Waals surface area contributed by atoms with E-state index in [1.807, 2.05) is 48.5 Å². The van der Waals surface area contributed by atoms with Crippen molar-refractivity contribution < 1.29 is 28.8 Å². The number of likely N-dealkylation sites (N-methyl/N-ethyl adjacent to an activating group) is 2. The maximum Gasteiger partial charge on any atom is 0.246 e. The number of nitrogens with one attached hydrogen (secondary N) is 4. The summed E-state index contributed by atoms with van der Waals surface area (Å²) in [7, 11) is 3.41. The van der Waals surface area contributed by atoms with Crippen molar-refractivity contribution in [1.82, 2.24) is 31.1 Å². The molecule has 0 saturated carbocycles. The summed E-state index contributed by atoms with van der Waals surface area (Å²) < 4.78 is 0. The largest absolute Gasteiger partial charge is 0.343 e. The molecule has 0 unspecified atom stereocenters. The molecule has 4 N–H and O–H groups in total. The van der Waals surface area contributed by atoms with Crippen LogP contribution in [0.1, 0.15) is 89.5 Å². The van der Waals surface area contributed by atoms with Gasteiger partial charge in [-0.05, 0) is 105 Å². The van der Waals surface area contributed by atoms with Gasteiger partial charge in [-0.25, -0.2) is 0 Å². The summed E-state index contributed by atoms with van der Waals surface area (Å²) in [5.74, 6) is 0.646. The summed E-state index contributed by atoms with van der Waals surface area (Å²) in [6, 6.07) is 12.7. The van der Waals surface area contributed by atoms with E-state index < -0.39 is 47.1 Å². The molecule has 6 rings (SSSR count). The van der Waals surface area contributed by atoms with Gasteiger partial charge in [0.25, 0.3) is 0 Å². The third kappa shape index (κ3) is 9.92. The number of thioether (sulfide) groups is 2. The molecule has 14 heteroatoms. The van der Waals surface area contributed by atoms with Crippen LogP contribution in [0.15, 0.2) is 48.5 Å². The van der Waals surface area contributed by atoms with Crippen LogP contribution in [0.25, 0.3) is 0 Å². The molecule has 4 heterocycles. The van der Waals surface area contributed by atoms with Crippen LogP contribution in [0.4, 0.5) is 0 Å². The molecule has 0 aromatic heterocycles. The van der Waals surface area contributed by atoms with Gasteiger partial charge in [-0.2, -0.15) is 0 Å². The van der Waals surface area contributed by atoms with E-state index in [0.29, 0.717) is 32.1 Å². The number of ketones is 2. The van der Waals surface area contributed by atoms with E-state index >= 15 is 0 Å². The van der Waals surface area contributed by atoms with Gasteiger partial charge in [0.15, 0.2) is 11.6 Å². The number of rotatable bonds is 14. The lowest BCUT2D eigenvalue weighted by Gasteiger charge is -2.34. The lowest BCUT2D eigenvalue weighted by molar-refractivity contribution is -0.142. The highest BCUT2D eigenvalue weighted by Gasteiger charge is 2.55. The molecule has 4 amide bonds. The van der Waals surface area contributed by atoms with Gasteiger partial charge >= 0.3 is 0 Å². The summed E-state index contributed by atoms with van der Waals surface area (Å²) >= 11 is 3.39. The highest BCUT2D eigenvalue weighted by molar-refractivity contribution is 8.00. The molecule has 0 aliphatic carbocycles. The maximum atomic E-state index is 14.1. The summed E-state index contributed by atoms with van der Waals surface area (Å²) in [6.45, 7) is 11.7. The van der Waals surface area contributed by atoms with Gasteiger partial charge in [-0.3, -0.25) is 28.8 Å². The second-order valence-corrected chi connectivity index (χ2v) is 20.7. The van der Waals surface area contributed by atoms with Crippen LogP contribution in [-0.2, 0) is 48.0 Å². The molecule has 0 radical (unpaired) electrons. The molecular formula is C45H62N6O6S2. The number of fused-ring (bicyclic) bond motifs is 2. The van der Waals surface area contributed by atoms with Crippen molar-refractivity contribution in [3.8, 4) is 0 Å². The summed E-state index contributed by atoms with van der Waals surface area (Å²) in [5.41, 5.74) is 3.13. The predicted octanol–water partition coefficient (Wildman–Crippen LogP) is 3.87. The Bertz CT molecular complexity index is 1770. The molecule has 0 bridgehead atoms. The van der Waals surface area contributed by atoms with E-state index in [4.69, 9.17) is 0 Å². The molecule has 2 aromatic rings. The minimum atomic E-state index is -0.660. The topological polar surface area (TPSA) is 157 Å². The maximum absolute atomic E-state index is 14.1. The van der Waals surface area contributed by atoms with Gasteiger partial charge in [-0.15, -0.1) is 23.5 Å². The minimum Gasteiger partial charge on any atom is -0.343 e. The average molecular weight is 847 g/mol. The number of Topliss-reactive ketones (excluding diaryl/α,β-unsaturated/α-hetero) is 2. The van der Waals surface area contributed by atoms with E-state index in [2.05, 4.69) is 49.0 Å². The average Bonchev–Trinajstić information content (AvgIpc) is 3.51. The molecule has 8 atom stereocenters. The van der Waals surface area contributed by atoms with Crippen LogP contribution in [0, 0.1) is 10.8 Å². The normalized spacial score (nSPS) is 27.2. The third-order valence-electron chi connectivity index (χ3n) is 12.7. The van der Waals surface area contributed by atoms with Crippen molar-refractivity contribution in [2.24, 2.45) is 10.8 Å². The van der Waals surface area contributed by atoms with Crippen LogP contribution >= 0.6 is 23.5 Å². The van der Waals surface area contributed by atoms with Gasteiger partial charge in [0.2, 0.25) is 23.6 Å². The van der Waals surface area contributed by atoms with E-state index in [9.17, 15) is 28.8 Å². The molecule has 0 spiro atoms. The van der Waals surface area contributed by atoms with Gasteiger partial charge in [0.05, 0.1) is 34.9 Å². The lowest BCUT2D eigenvalue weighted by Crippen LogP contribution is -2.56. The fraction of sp³-hybridized carbons (Fsp3) is 0.600. The highest BCUT2D eigenvalue weighted by Crippen LogP contribution is 2.48. The number of carbonyl (C=O) groups is 6. The van der Waals surface area contributed by atoms with E-state index in [1.54, 1.807) is 61.3 Å². The third-order valence-corrected chi connectivity index (χ3v) is 15.2. The van der Waals surface area contributed by atoms with Crippen LogP contribution in [0.5, 0.6) is 0 Å². The number of carbonyl (C=O) groups excluding carboxylic acids is 6. The highest BCUT2D eigenvalue weighted by atomic mass is 32.2. The van der Waals surface area contributed by atoms with E-state index in [0.717, 1.165) is 33.8 Å². The van der Waals surface area contributed by atoms with Crippen LogP contribution in [0.3, 0.4) is 0 Å². The summed E-state index contributed by atoms with van der Waals surface area (Å²) in [4.78, 5) is 84.9. The fourth-order valence-electron chi connectivity index (χ4n) is 9.16. The Morgan fingerprint density at radius 2 is 0.966 bits per heavy atom. The molecule has 4 fully saturated rings. The quantitative estimate of drug-likeness (QED) is 0.220. The summed E-state index contributed by atoms with van der Waals surface area (Å²) in [6.07, 6.45) is 3.58. The first-order chi connectivity index (χ1) is 27.9. The first-order valence-corrected chi connectivity index (χ1v) is 23.1. The fourth-order valence-corrected chi connectivity index (χ4v) is 12.3. The van der Waals surface area contributed by atoms with E-state index in [1.165, 1.54) is 0 Å². The number of nitrogens with zero attached hydrogens (tertiary/aromatic N) is 2. The second kappa shape index (κ2) is 18.5. The van der Waals surface area contributed by atoms with Gasteiger partial charge in [0.1, 0.15) is 12.1 Å². The first-order valence-electron chi connectivity index (χ1n) is 21.0. The molecule has 59 heavy (non-hydrogen) atoms. The molecule has 2 aromatic carbocycles. The molecule has 4 aliphatic heterocycles. The van der Waals surface area contributed by atoms with Crippen molar-refractivity contribution in [2.45, 2.75) is 133 Å². The second-order valence-electron chi connectivity index (χ2n) is 18.1. The van der Waals surface area contributed by atoms with Crippen molar-refractivity contribution in [2.75, 3.05) is 25.6 Å². The Morgan fingerprint density at radius 3 is 1.31 bits per heavy atom. The van der Waals surface area contributed by atoms with Crippen molar-refractivity contribution in [1.29, 1.82) is 0 Å². The number of hydrogen-bond donors (Lipinski definition) is 4. The standard InChI is InChI=1S/C45H62N6O6S2/c1-26(46-7)40(54)48-32-17-19-58-36-24-44(3,4)38(50(36)42(32)56)34(52)22-30-13-9-28(10-14-30)21-29-11-15-31(16-12-29)23-35(53)39-45(5,6)25-37-51(39)43(57)33(18-20-59-37)49-41(55)27(2)47-8/h9-16,26-27,32-33,36-39,46-47H,17-25H2,1-8H3,(H,48,54)(H,49,55)/t26-,27-,32-,33-,36-,37-,38+,39+/m0/s1. The molecule has 12 nitrogen and oxygen atoms in total. The molecule has 4 aliphatic rings. The Kier molecular flexibility index (Phi) is 14.0. The van der Waals surface area contributed by atoms with Crippen molar-refractivity contribution in [3.63, 3.8) is 0 Å².